The van der Waals surface area contributed by atoms with Gasteiger partial charge in [-0.3, -0.25) is 13.8 Å². The molecule has 0 aliphatic rings. The number of hydrogen-bond acceptors (Lipinski definition) is 5. The molecule has 0 aromatic carbocycles. The predicted octanol–water partition coefficient (Wildman–Crippen LogP) is 9.63. The van der Waals surface area contributed by atoms with E-state index in [4.69, 9.17) is 9.05 Å². The van der Waals surface area contributed by atoms with Crippen molar-refractivity contribution in [1.29, 1.82) is 0 Å². The van der Waals surface area contributed by atoms with E-state index in [1.54, 1.807) is 6.08 Å². The van der Waals surface area contributed by atoms with Crippen molar-refractivity contribution >= 4 is 13.7 Å². The number of phosphoric ester groups is 1. The molecule has 3 N–H and O–H groups in total. The number of aliphatic hydroxyl groups is 1. The van der Waals surface area contributed by atoms with Gasteiger partial charge in [0, 0.05) is 6.42 Å². The lowest BCUT2D eigenvalue weighted by molar-refractivity contribution is -0.870. The van der Waals surface area contributed by atoms with Crippen LogP contribution in [0.4, 0.5) is 0 Å². The summed E-state index contributed by atoms with van der Waals surface area (Å²) in [5.74, 6) is -0.181. The van der Waals surface area contributed by atoms with Crippen LogP contribution in [0.3, 0.4) is 0 Å². The van der Waals surface area contributed by atoms with Gasteiger partial charge < -0.3 is 19.8 Å². The van der Waals surface area contributed by atoms with Gasteiger partial charge in [-0.1, -0.05) is 154 Å². The summed E-state index contributed by atoms with van der Waals surface area (Å²) < 4.78 is 23.4. The molecule has 0 rings (SSSR count). The van der Waals surface area contributed by atoms with Crippen LogP contribution < -0.4 is 5.32 Å². The van der Waals surface area contributed by atoms with Crippen LogP contribution in [0.2, 0.25) is 0 Å². The highest BCUT2D eigenvalue weighted by Crippen LogP contribution is 2.43. The lowest BCUT2D eigenvalue weighted by Gasteiger charge is -2.25. The Hall–Kier alpha value is -0.760. The molecule has 274 valence electrons. The van der Waals surface area contributed by atoms with Gasteiger partial charge in [0.2, 0.25) is 5.91 Å². The van der Waals surface area contributed by atoms with E-state index in [1.807, 2.05) is 27.2 Å². The molecule has 0 saturated heterocycles. The minimum absolute atomic E-state index is 0.0640. The van der Waals surface area contributed by atoms with Crippen molar-refractivity contribution in [2.24, 2.45) is 0 Å². The molecule has 3 atom stereocenters. The Morgan fingerprint density at radius 1 is 0.717 bits per heavy atom. The molecule has 0 heterocycles. The van der Waals surface area contributed by atoms with Crippen LogP contribution in [0.15, 0.2) is 12.2 Å². The third-order valence-corrected chi connectivity index (χ3v) is 9.49. The fourth-order valence-electron chi connectivity index (χ4n) is 5.39. The Morgan fingerprint density at radius 3 is 1.61 bits per heavy atom. The fourth-order valence-corrected chi connectivity index (χ4v) is 6.13. The lowest BCUT2D eigenvalue weighted by Crippen LogP contribution is -2.45. The van der Waals surface area contributed by atoms with E-state index in [0.717, 1.165) is 38.5 Å². The zero-order valence-corrected chi connectivity index (χ0v) is 31.7. The van der Waals surface area contributed by atoms with E-state index < -0.39 is 20.0 Å². The maximum Gasteiger partial charge on any atom is 0.472 e. The number of nitrogens with zero attached hydrogens (tertiary/aromatic N) is 1. The second-order valence-electron chi connectivity index (χ2n) is 14.3. The smallest absolute Gasteiger partial charge is 0.387 e. The summed E-state index contributed by atoms with van der Waals surface area (Å²) in [6, 6.07) is -0.837. The maximum absolute atomic E-state index is 12.7. The molecule has 1 amide bonds. The van der Waals surface area contributed by atoms with Crippen molar-refractivity contribution in [1.82, 2.24) is 5.32 Å². The summed E-state index contributed by atoms with van der Waals surface area (Å²) in [5, 5.41) is 13.7. The Labute approximate surface area is 284 Å². The average Bonchev–Trinajstić information content (AvgIpc) is 2.99. The highest BCUT2D eigenvalue weighted by atomic mass is 31.2. The first-order valence-electron chi connectivity index (χ1n) is 19.1. The Bertz CT molecular complexity index is 773. The van der Waals surface area contributed by atoms with Crippen LogP contribution in [-0.4, -0.2) is 73.4 Å². The third kappa shape index (κ3) is 31.8. The largest absolute Gasteiger partial charge is 0.472 e. The number of amides is 1. The van der Waals surface area contributed by atoms with Crippen LogP contribution >= 0.6 is 7.82 Å². The molecule has 0 aliphatic carbocycles. The Morgan fingerprint density at radius 2 is 1.15 bits per heavy atom. The first-order valence-corrected chi connectivity index (χ1v) is 20.6. The van der Waals surface area contributed by atoms with Gasteiger partial charge in [-0.15, -0.1) is 0 Å². The van der Waals surface area contributed by atoms with Gasteiger partial charge in [-0.2, -0.15) is 0 Å². The number of phosphoric acid groups is 1. The minimum Gasteiger partial charge on any atom is -0.387 e. The quantitative estimate of drug-likeness (QED) is 0.0272. The molecule has 0 fully saturated rings. The van der Waals surface area contributed by atoms with Gasteiger partial charge in [0.05, 0.1) is 39.9 Å². The third-order valence-electron chi connectivity index (χ3n) is 8.51. The number of unbranched alkanes of at least 4 members (excludes halogenated alkanes) is 21. The number of quaternary nitrogens is 1. The SMILES string of the molecule is CCCCCCCCCCCCCCC/C=C/C(O)C(COP(=O)(O)OCC[N+](C)(C)C)NC(=O)CCCCCCCCCCC. The van der Waals surface area contributed by atoms with Crippen molar-refractivity contribution in [3.63, 3.8) is 0 Å². The van der Waals surface area contributed by atoms with Crippen molar-refractivity contribution in [3.05, 3.63) is 12.2 Å². The molecule has 0 aromatic heterocycles. The monoisotopic (exact) mass is 676 g/mol. The molecule has 0 bridgehead atoms. The zero-order valence-electron chi connectivity index (χ0n) is 30.8. The van der Waals surface area contributed by atoms with Gasteiger partial charge in [-0.25, -0.2) is 4.57 Å². The number of rotatable bonds is 34. The number of carbonyl (C=O) groups is 1. The highest BCUT2D eigenvalue weighted by molar-refractivity contribution is 7.47. The molecule has 0 radical (unpaired) electrons. The van der Waals surface area contributed by atoms with Crippen LogP contribution in [0.1, 0.15) is 168 Å². The summed E-state index contributed by atoms with van der Waals surface area (Å²) in [4.78, 5) is 22.9. The summed E-state index contributed by atoms with van der Waals surface area (Å²) in [6.07, 6.45) is 31.3. The van der Waals surface area contributed by atoms with E-state index in [9.17, 15) is 19.4 Å². The van der Waals surface area contributed by atoms with Crippen molar-refractivity contribution in [2.45, 2.75) is 180 Å². The number of likely N-dealkylation sites (N-methyl/N-ethyl adjacent to an activating group) is 1. The number of hydrogen-bond donors (Lipinski definition) is 3. The van der Waals surface area contributed by atoms with Gasteiger partial charge in [-0.05, 0) is 19.3 Å². The molecule has 0 aliphatic heterocycles. The summed E-state index contributed by atoms with van der Waals surface area (Å²) in [7, 11) is 1.57. The van der Waals surface area contributed by atoms with Crippen molar-refractivity contribution < 1.29 is 32.9 Å². The number of carbonyl (C=O) groups excluding carboxylic acids is 1. The van der Waals surface area contributed by atoms with Gasteiger partial charge in [0.15, 0.2) is 0 Å². The van der Waals surface area contributed by atoms with E-state index in [1.165, 1.54) is 109 Å². The number of aliphatic hydroxyl groups excluding tert-OH is 1. The van der Waals surface area contributed by atoms with Crippen LogP contribution in [0, 0.1) is 0 Å². The van der Waals surface area contributed by atoms with Gasteiger partial charge in [0.1, 0.15) is 13.2 Å². The molecule has 3 unspecified atom stereocenters. The van der Waals surface area contributed by atoms with Crippen molar-refractivity contribution in [3.8, 4) is 0 Å². The summed E-state index contributed by atoms with van der Waals surface area (Å²) >= 11 is 0. The standard InChI is InChI=1S/C37H75N2O6P/c1-6-8-10-12-14-16-17-18-19-20-21-23-24-26-28-30-36(40)35(34-45-46(42,43)44-33-32-39(3,4)5)38-37(41)31-29-27-25-22-15-13-11-9-7-2/h28,30,35-36,40H,6-27,29,31-34H2,1-5H3,(H-,38,41,42,43)/p+1/b30-28+. The van der Waals surface area contributed by atoms with E-state index >= 15 is 0 Å². The van der Waals surface area contributed by atoms with Gasteiger partial charge >= 0.3 is 7.82 Å². The maximum atomic E-state index is 12.7. The number of allylic oxidation sites excluding steroid dienone is 1. The molecule has 0 aromatic rings. The second kappa shape index (κ2) is 30.3. The Balaban J connectivity index is 4.51. The molecule has 0 saturated carbocycles. The minimum atomic E-state index is -4.32. The molecule has 9 heteroatoms. The molecule has 0 spiro atoms. The zero-order chi connectivity index (χ0) is 34.4. The molecule has 8 nitrogen and oxygen atoms in total. The van der Waals surface area contributed by atoms with Crippen LogP contribution in [0.5, 0.6) is 0 Å². The topological polar surface area (TPSA) is 105 Å². The number of nitrogens with one attached hydrogen (secondary N) is 1. The first kappa shape index (κ1) is 45.2. The normalized spacial score (nSPS) is 14.8. The fraction of sp³-hybridized carbons (Fsp3) is 0.919. The highest BCUT2D eigenvalue weighted by Gasteiger charge is 2.27. The predicted molar refractivity (Wildman–Crippen MR) is 194 cm³/mol. The Kier molecular flexibility index (Phi) is 29.8. The van der Waals surface area contributed by atoms with Crippen LogP contribution in [0.25, 0.3) is 0 Å². The summed E-state index contributed by atoms with van der Waals surface area (Å²) in [5.41, 5.74) is 0. The van der Waals surface area contributed by atoms with E-state index in [-0.39, 0.29) is 19.1 Å². The molecular weight excluding hydrogens is 599 g/mol. The summed E-state index contributed by atoms with van der Waals surface area (Å²) in [6.45, 7) is 4.78. The average molecular weight is 676 g/mol. The molecule has 46 heavy (non-hydrogen) atoms. The lowest BCUT2D eigenvalue weighted by atomic mass is 10.0. The van der Waals surface area contributed by atoms with E-state index in [2.05, 4.69) is 19.2 Å². The van der Waals surface area contributed by atoms with Gasteiger partial charge in [0.25, 0.3) is 0 Å². The first-order chi connectivity index (χ1) is 22.0. The molecular formula is C37H76N2O6P+. The van der Waals surface area contributed by atoms with Crippen molar-refractivity contribution in [2.75, 3.05) is 40.9 Å². The second-order valence-corrected chi connectivity index (χ2v) is 15.8. The van der Waals surface area contributed by atoms with E-state index in [0.29, 0.717) is 17.4 Å². The van der Waals surface area contributed by atoms with Crippen LogP contribution in [-0.2, 0) is 18.4 Å².